The summed E-state index contributed by atoms with van der Waals surface area (Å²) in [5, 5.41) is 0. The van der Waals surface area contributed by atoms with Gasteiger partial charge in [0, 0.05) is 19.1 Å². The van der Waals surface area contributed by atoms with Crippen LogP contribution in [0.3, 0.4) is 0 Å². The van der Waals surface area contributed by atoms with Crippen LogP contribution in [0, 0.1) is 0 Å². The number of nitrogens with zero attached hydrogens (tertiary/aromatic N) is 1. The average Bonchev–Trinajstić information content (AvgIpc) is 2.76. The van der Waals surface area contributed by atoms with Crippen molar-refractivity contribution in [2.45, 2.75) is 12.5 Å². The zero-order valence-electron chi connectivity index (χ0n) is 10.3. The van der Waals surface area contributed by atoms with E-state index >= 15 is 0 Å². The lowest BCUT2D eigenvalue weighted by Crippen LogP contribution is -2.29. The molecule has 0 saturated carbocycles. The summed E-state index contributed by atoms with van der Waals surface area (Å²) in [7, 11) is 1.66. The minimum atomic E-state index is 0.344. The number of hydrogen-bond acceptors (Lipinski definition) is 4. The van der Waals surface area contributed by atoms with Crippen LogP contribution in [0.1, 0.15) is 6.42 Å². The number of benzene rings is 1. The summed E-state index contributed by atoms with van der Waals surface area (Å²) in [6.45, 7) is 3.73. The zero-order valence-corrected chi connectivity index (χ0v) is 10.3. The van der Waals surface area contributed by atoms with E-state index in [9.17, 15) is 0 Å². The molecule has 0 aliphatic carbocycles. The van der Waals surface area contributed by atoms with Gasteiger partial charge in [0.25, 0.3) is 0 Å². The fourth-order valence-corrected chi connectivity index (χ4v) is 2.03. The molecule has 0 bridgehead atoms. The van der Waals surface area contributed by atoms with Gasteiger partial charge in [-0.05, 0) is 37.2 Å². The molecular formula is C13H20N2O2. The van der Waals surface area contributed by atoms with Crippen molar-refractivity contribution in [3.63, 3.8) is 0 Å². The monoisotopic (exact) mass is 236 g/mol. The maximum atomic E-state index is 5.84. The van der Waals surface area contributed by atoms with Crippen molar-refractivity contribution < 1.29 is 9.47 Å². The van der Waals surface area contributed by atoms with Crippen molar-refractivity contribution in [3.8, 4) is 11.5 Å². The lowest BCUT2D eigenvalue weighted by Gasteiger charge is -2.15. The Labute approximate surface area is 102 Å². The minimum Gasteiger partial charge on any atom is -0.497 e. The van der Waals surface area contributed by atoms with E-state index in [-0.39, 0.29) is 0 Å². The highest BCUT2D eigenvalue weighted by atomic mass is 16.5. The van der Waals surface area contributed by atoms with Gasteiger partial charge >= 0.3 is 0 Å². The van der Waals surface area contributed by atoms with Gasteiger partial charge in [0.1, 0.15) is 18.1 Å². The second-order valence-electron chi connectivity index (χ2n) is 4.37. The van der Waals surface area contributed by atoms with Crippen LogP contribution < -0.4 is 15.2 Å². The normalized spacial score (nSPS) is 20.5. The summed E-state index contributed by atoms with van der Waals surface area (Å²) in [4.78, 5) is 2.34. The molecule has 1 aromatic rings. The zero-order chi connectivity index (χ0) is 12.1. The smallest absolute Gasteiger partial charge is 0.119 e. The van der Waals surface area contributed by atoms with Crippen molar-refractivity contribution in [1.82, 2.24) is 4.90 Å². The number of ether oxygens (including phenoxy) is 2. The fourth-order valence-electron chi connectivity index (χ4n) is 2.03. The highest BCUT2D eigenvalue weighted by molar-refractivity contribution is 5.31. The van der Waals surface area contributed by atoms with Gasteiger partial charge in [0.2, 0.25) is 0 Å². The predicted octanol–water partition coefficient (Wildman–Crippen LogP) is 1.11. The molecule has 2 N–H and O–H groups in total. The Morgan fingerprint density at radius 2 is 2.00 bits per heavy atom. The average molecular weight is 236 g/mol. The molecule has 0 aromatic heterocycles. The largest absolute Gasteiger partial charge is 0.497 e. The first-order valence-corrected chi connectivity index (χ1v) is 6.03. The van der Waals surface area contributed by atoms with Crippen molar-refractivity contribution >= 4 is 0 Å². The SMILES string of the molecule is COc1ccc(OCCN2CCC(N)C2)cc1. The topological polar surface area (TPSA) is 47.7 Å². The van der Waals surface area contributed by atoms with Crippen LogP contribution >= 0.6 is 0 Å². The van der Waals surface area contributed by atoms with Gasteiger partial charge < -0.3 is 15.2 Å². The van der Waals surface area contributed by atoms with Gasteiger partial charge in [-0.1, -0.05) is 0 Å². The molecule has 1 unspecified atom stereocenters. The number of hydrogen-bond donors (Lipinski definition) is 1. The van der Waals surface area contributed by atoms with E-state index in [1.165, 1.54) is 0 Å². The quantitative estimate of drug-likeness (QED) is 0.832. The standard InChI is InChI=1S/C13H20N2O2/c1-16-12-2-4-13(5-3-12)17-9-8-15-7-6-11(14)10-15/h2-5,11H,6-10,14H2,1H3. The van der Waals surface area contributed by atoms with Gasteiger partial charge in [-0.3, -0.25) is 4.90 Å². The number of nitrogens with two attached hydrogens (primary N) is 1. The van der Waals surface area contributed by atoms with Crippen molar-refractivity contribution in [3.05, 3.63) is 24.3 Å². The number of methoxy groups -OCH3 is 1. The van der Waals surface area contributed by atoms with Gasteiger partial charge in [0.15, 0.2) is 0 Å². The summed E-state index contributed by atoms with van der Waals surface area (Å²) < 4.78 is 10.8. The molecule has 1 saturated heterocycles. The molecule has 1 aliphatic heterocycles. The van der Waals surface area contributed by atoms with Crippen molar-refractivity contribution in [2.24, 2.45) is 5.73 Å². The summed E-state index contributed by atoms with van der Waals surface area (Å²) in [6, 6.07) is 8.00. The first-order chi connectivity index (χ1) is 8.28. The number of likely N-dealkylation sites (tertiary alicyclic amines) is 1. The summed E-state index contributed by atoms with van der Waals surface area (Å²) in [6.07, 6.45) is 1.10. The molecule has 0 amide bonds. The summed E-state index contributed by atoms with van der Waals surface area (Å²) >= 11 is 0. The lowest BCUT2D eigenvalue weighted by molar-refractivity contribution is 0.236. The van der Waals surface area contributed by atoms with E-state index in [2.05, 4.69) is 4.90 Å². The van der Waals surface area contributed by atoms with E-state index in [0.29, 0.717) is 12.6 Å². The van der Waals surface area contributed by atoms with E-state index in [0.717, 1.165) is 37.6 Å². The van der Waals surface area contributed by atoms with E-state index in [1.54, 1.807) is 7.11 Å². The van der Waals surface area contributed by atoms with Crippen LogP contribution in [0.4, 0.5) is 0 Å². The Hall–Kier alpha value is -1.26. The molecule has 4 heteroatoms. The third-order valence-electron chi connectivity index (χ3n) is 3.04. The molecule has 1 atom stereocenters. The Morgan fingerprint density at radius 1 is 1.29 bits per heavy atom. The van der Waals surface area contributed by atoms with Crippen LogP contribution in [0.15, 0.2) is 24.3 Å². The molecule has 1 aliphatic rings. The Balaban J connectivity index is 1.70. The number of rotatable bonds is 5. The highest BCUT2D eigenvalue weighted by Gasteiger charge is 2.18. The highest BCUT2D eigenvalue weighted by Crippen LogP contribution is 2.17. The van der Waals surface area contributed by atoms with Crippen molar-refractivity contribution in [2.75, 3.05) is 33.4 Å². The molecule has 1 fully saturated rings. The summed E-state index contributed by atoms with van der Waals surface area (Å²) in [5.74, 6) is 1.73. The van der Waals surface area contributed by atoms with Crippen LogP contribution in [-0.4, -0.2) is 44.3 Å². The molecule has 4 nitrogen and oxygen atoms in total. The second-order valence-corrected chi connectivity index (χ2v) is 4.37. The van der Waals surface area contributed by atoms with E-state index < -0.39 is 0 Å². The summed E-state index contributed by atoms with van der Waals surface area (Å²) in [5.41, 5.74) is 5.84. The maximum absolute atomic E-state index is 5.84. The van der Waals surface area contributed by atoms with Crippen LogP contribution in [0.2, 0.25) is 0 Å². The van der Waals surface area contributed by atoms with Crippen LogP contribution in [0.25, 0.3) is 0 Å². The van der Waals surface area contributed by atoms with Crippen molar-refractivity contribution in [1.29, 1.82) is 0 Å². The Morgan fingerprint density at radius 3 is 2.59 bits per heavy atom. The Kier molecular flexibility index (Phi) is 4.23. The van der Waals surface area contributed by atoms with Crippen LogP contribution in [-0.2, 0) is 0 Å². The molecule has 1 aromatic carbocycles. The van der Waals surface area contributed by atoms with E-state index in [4.69, 9.17) is 15.2 Å². The third-order valence-corrected chi connectivity index (χ3v) is 3.04. The van der Waals surface area contributed by atoms with Gasteiger partial charge in [0.05, 0.1) is 7.11 Å². The van der Waals surface area contributed by atoms with Gasteiger partial charge in [-0.15, -0.1) is 0 Å². The molecule has 2 rings (SSSR count). The van der Waals surface area contributed by atoms with E-state index in [1.807, 2.05) is 24.3 Å². The second kappa shape index (κ2) is 5.89. The van der Waals surface area contributed by atoms with Gasteiger partial charge in [-0.2, -0.15) is 0 Å². The molecule has 17 heavy (non-hydrogen) atoms. The fraction of sp³-hybridized carbons (Fsp3) is 0.538. The third kappa shape index (κ3) is 3.61. The predicted molar refractivity (Wildman–Crippen MR) is 67.5 cm³/mol. The first kappa shape index (κ1) is 12.2. The molecule has 0 radical (unpaired) electrons. The molecule has 1 heterocycles. The minimum absolute atomic E-state index is 0.344. The first-order valence-electron chi connectivity index (χ1n) is 6.03. The van der Waals surface area contributed by atoms with Crippen LogP contribution in [0.5, 0.6) is 11.5 Å². The van der Waals surface area contributed by atoms with Gasteiger partial charge in [-0.25, -0.2) is 0 Å². The molecular weight excluding hydrogens is 216 g/mol. The molecule has 94 valence electrons. The Bertz CT molecular complexity index is 340. The molecule has 0 spiro atoms. The maximum Gasteiger partial charge on any atom is 0.119 e. The lowest BCUT2D eigenvalue weighted by atomic mass is 10.3.